The quantitative estimate of drug-likeness (QED) is 0.560. The minimum absolute atomic E-state index is 0.0872. The predicted octanol–water partition coefficient (Wildman–Crippen LogP) is -0.354. The molecule has 2 heterocycles. The van der Waals surface area contributed by atoms with Crippen molar-refractivity contribution >= 4 is 17.4 Å². The molecule has 1 fully saturated rings. The van der Waals surface area contributed by atoms with E-state index in [4.69, 9.17) is 4.74 Å². The zero-order valence-corrected chi connectivity index (χ0v) is 8.71. The fourth-order valence-corrected chi connectivity index (χ4v) is 1.56. The molecule has 0 radical (unpaired) electrons. The minimum Gasteiger partial charge on any atom is -0.370 e. The van der Waals surface area contributed by atoms with E-state index < -0.39 is 16.4 Å². The third kappa shape index (κ3) is 2.16. The maximum atomic E-state index is 11.5. The van der Waals surface area contributed by atoms with Crippen LogP contribution in [0.4, 0.5) is 11.5 Å². The fraction of sp³-hybridized carbons (Fsp3) is 0.333. The Morgan fingerprint density at radius 3 is 2.82 bits per heavy atom. The summed E-state index contributed by atoms with van der Waals surface area (Å²) in [6, 6.07) is 2.13. The SMILES string of the molecule is O=C1COCCN1c1[nH]c(=O)ccc1[N+](=O)[O-]. The molecular formula is C9H9N3O5. The van der Waals surface area contributed by atoms with Crippen molar-refractivity contribution in [3.05, 3.63) is 32.6 Å². The number of nitro groups is 1. The van der Waals surface area contributed by atoms with E-state index in [1.165, 1.54) is 0 Å². The van der Waals surface area contributed by atoms with Gasteiger partial charge in [0.15, 0.2) is 5.82 Å². The number of nitrogens with one attached hydrogen (secondary N) is 1. The summed E-state index contributed by atoms with van der Waals surface area (Å²) < 4.78 is 4.91. The monoisotopic (exact) mass is 239 g/mol. The molecule has 0 bridgehead atoms. The van der Waals surface area contributed by atoms with Crippen LogP contribution in [0.1, 0.15) is 0 Å². The normalized spacial score (nSPS) is 16.0. The maximum Gasteiger partial charge on any atom is 0.310 e. The van der Waals surface area contributed by atoms with Crippen molar-refractivity contribution < 1.29 is 14.5 Å². The highest BCUT2D eigenvalue weighted by atomic mass is 16.6. The van der Waals surface area contributed by atoms with E-state index in [9.17, 15) is 19.7 Å². The van der Waals surface area contributed by atoms with Gasteiger partial charge in [-0.1, -0.05) is 0 Å². The number of hydrogen-bond acceptors (Lipinski definition) is 5. The third-order valence-electron chi connectivity index (χ3n) is 2.33. The lowest BCUT2D eigenvalue weighted by Gasteiger charge is -2.25. The van der Waals surface area contributed by atoms with Gasteiger partial charge < -0.3 is 9.72 Å². The van der Waals surface area contributed by atoms with Crippen molar-refractivity contribution in [1.82, 2.24) is 4.98 Å². The van der Waals surface area contributed by atoms with E-state index in [1.807, 2.05) is 0 Å². The number of nitrogens with zero attached hydrogens (tertiary/aromatic N) is 2. The van der Waals surface area contributed by atoms with Crippen LogP contribution in [0.15, 0.2) is 16.9 Å². The molecule has 1 aromatic heterocycles. The average Bonchev–Trinajstić information content (AvgIpc) is 2.29. The van der Waals surface area contributed by atoms with Crippen LogP contribution in [0.25, 0.3) is 0 Å². The minimum atomic E-state index is -0.645. The molecular weight excluding hydrogens is 230 g/mol. The number of rotatable bonds is 2. The van der Waals surface area contributed by atoms with Crippen LogP contribution in [0.5, 0.6) is 0 Å². The number of anilines is 1. The zero-order valence-electron chi connectivity index (χ0n) is 8.71. The van der Waals surface area contributed by atoms with Crippen LogP contribution in [-0.2, 0) is 9.53 Å². The molecule has 1 aliphatic heterocycles. The van der Waals surface area contributed by atoms with E-state index in [0.717, 1.165) is 17.0 Å². The molecule has 0 unspecified atom stereocenters. The summed E-state index contributed by atoms with van der Waals surface area (Å²) in [6.07, 6.45) is 0. The van der Waals surface area contributed by atoms with Crippen molar-refractivity contribution in [2.75, 3.05) is 24.7 Å². The summed E-state index contributed by atoms with van der Waals surface area (Å²) in [5.74, 6) is -0.503. The zero-order chi connectivity index (χ0) is 12.4. The van der Waals surface area contributed by atoms with Gasteiger partial charge in [-0.25, -0.2) is 0 Å². The van der Waals surface area contributed by atoms with Crippen molar-refractivity contribution in [2.45, 2.75) is 0 Å². The summed E-state index contributed by atoms with van der Waals surface area (Å²) in [6.45, 7) is 0.313. The van der Waals surface area contributed by atoms with E-state index >= 15 is 0 Å². The number of carbonyl (C=O) groups excluding carboxylic acids is 1. The first-order chi connectivity index (χ1) is 8.09. The molecule has 90 valence electrons. The number of carbonyl (C=O) groups is 1. The molecule has 0 spiro atoms. The number of hydrogen-bond donors (Lipinski definition) is 1. The lowest BCUT2D eigenvalue weighted by Crippen LogP contribution is -2.43. The van der Waals surface area contributed by atoms with Gasteiger partial charge >= 0.3 is 5.69 Å². The lowest BCUT2D eigenvalue weighted by molar-refractivity contribution is -0.384. The molecule has 1 saturated heterocycles. The summed E-state index contributed by atoms with van der Waals surface area (Å²) in [5.41, 5.74) is -0.801. The van der Waals surface area contributed by atoms with Gasteiger partial charge in [-0.2, -0.15) is 0 Å². The van der Waals surface area contributed by atoms with Crippen LogP contribution in [0, 0.1) is 10.1 Å². The Morgan fingerprint density at radius 2 is 2.18 bits per heavy atom. The first-order valence-electron chi connectivity index (χ1n) is 4.85. The second-order valence-electron chi connectivity index (χ2n) is 3.41. The maximum absolute atomic E-state index is 11.5. The average molecular weight is 239 g/mol. The van der Waals surface area contributed by atoms with E-state index in [2.05, 4.69) is 4.98 Å². The first kappa shape index (κ1) is 11.3. The summed E-state index contributed by atoms with van der Waals surface area (Å²) >= 11 is 0. The van der Waals surface area contributed by atoms with Crippen molar-refractivity contribution in [2.24, 2.45) is 0 Å². The van der Waals surface area contributed by atoms with Crippen molar-refractivity contribution in [1.29, 1.82) is 0 Å². The number of aromatic nitrogens is 1. The van der Waals surface area contributed by atoms with E-state index in [0.29, 0.717) is 0 Å². The molecule has 8 heteroatoms. The van der Waals surface area contributed by atoms with Gasteiger partial charge in [-0.15, -0.1) is 0 Å². The van der Waals surface area contributed by atoms with Gasteiger partial charge in [-0.3, -0.25) is 24.6 Å². The molecule has 8 nitrogen and oxygen atoms in total. The molecule has 1 aliphatic rings. The highest BCUT2D eigenvalue weighted by Crippen LogP contribution is 2.24. The van der Waals surface area contributed by atoms with Gasteiger partial charge in [0.2, 0.25) is 5.56 Å². The number of pyridine rings is 1. The lowest BCUT2D eigenvalue weighted by atomic mass is 10.3. The standard InChI is InChI=1S/C9H9N3O5/c13-7-2-1-6(12(15)16)9(10-7)11-3-4-17-5-8(11)14/h1-2H,3-5H2,(H,10,13). The van der Waals surface area contributed by atoms with Gasteiger partial charge in [-0.05, 0) is 0 Å². The van der Waals surface area contributed by atoms with Gasteiger partial charge in [0, 0.05) is 12.1 Å². The molecule has 0 aliphatic carbocycles. The van der Waals surface area contributed by atoms with Gasteiger partial charge in [0.05, 0.1) is 18.1 Å². The summed E-state index contributed by atoms with van der Waals surface area (Å²) in [7, 11) is 0. The number of ether oxygens (including phenoxy) is 1. The van der Waals surface area contributed by atoms with Crippen LogP contribution in [-0.4, -0.2) is 35.6 Å². The Balaban J connectivity index is 2.48. The Labute approximate surface area is 95.0 Å². The van der Waals surface area contributed by atoms with Crippen LogP contribution in [0.3, 0.4) is 0 Å². The molecule has 0 aromatic carbocycles. The van der Waals surface area contributed by atoms with Crippen molar-refractivity contribution in [3.63, 3.8) is 0 Å². The van der Waals surface area contributed by atoms with Crippen LogP contribution in [0.2, 0.25) is 0 Å². The molecule has 0 saturated carbocycles. The Kier molecular flexibility index (Phi) is 2.88. The molecule has 0 atom stereocenters. The Bertz CT molecular complexity index is 524. The highest BCUT2D eigenvalue weighted by Gasteiger charge is 2.27. The van der Waals surface area contributed by atoms with Crippen LogP contribution >= 0.6 is 0 Å². The second-order valence-corrected chi connectivity index (χ2v) is 3.41. The topological polar surface area (TPSA) is 106 Å². The summed E-state index contributed by atoms with van der Waals surface area (Å²) in [5, 5.41) is 10.8. The second kappa shape index (κ2) is 4.34. The number of aromatic amines is 1. The van der Waals surface area contributed by atoms with E-state index in [1.54, 1.807) is 0 Å². The molecule has 2 rings (SSSR count). The molecule has 17 heavy (non-hydrogen) atoms. The number of morpholine rings is 1. The van der Waals surface area contributed by atoms with Crippen LogP contribution < -0.4 is 10.5 Å². The smallest absolute Gasteiger partial charge is 0.310 e. The molecule has 1 amide bonds. The summed E-state index contributed by atoms with van der Waals surface area (Å²) in [4.78, 5) is 36.3. The number of amides is 1. The first-order valence-corrected chi connectivity index (χ1v) is 4.85. The van der Waals surface area contributed by atoms with Gasteiger partial charge in [0.1, 0.15) is 6.61 Å². The van der Waals surface area contributed by atoms with E-state index in [-0.39, 0.29) is 31.3 Å². The Morgan fingerprint density at radius 1 is 1.41 bits per heavy atom. The third-order valence-corrected chi connectivity index (χ3v) is 2.33. The van der Waals surface area contributed by atoms with Gasteiger partial charge in [0.25, 0.3) is 5.91 Å². The molecule has 1 aromatic rings. The highest BCUT2D eigenvalue weighted by molar-refractivity contribution is 5.95. The Hall–Kier alpha value is -2.22. The predicted molar refractivity (Wildman–Crippen MR) is 56.9 cm³/mol. The number of H-pyrrole nitrogens is 1. The molecule has 1 N–H and O–H groups in total. The largest absolute Gasteiger partial charge is 0.370 e. The van der Waals surface area contributed by atoms with Crippen molar-refractivity contribution in [3.8, 4) is 0 Å². The fourth-order valence-electron chi connectivity index (χ4n) is 1.56.